The van der Waals surface area contributed by atoms with Gasteiger partial charge in [-0.1, -0.05) is 30.3 Å². The van der Waals surface area contributed by atoms with Gasteiger partial charge in [-0.25, -0.2) is 0 Å². The molecule has 0 radical (unpaired) electrons. The fourth-order valence-corrected chi connectivity index (χ4v) is 1.57. The predicted octanol–water partition coefficient (Wildman–Crippen LogP) is 1.26. The third-order valence-corrected chi connectivity index (χ3v) is 2.57. The monoisotopic (exact) mass is 307 g/mol. The van der Waals surface area contributed by atoms with Gasteiger partial charge >= 0.3 is 0 Å². The van der Waals surface area contributed by atoms with Gasteiger partial charge in [-0.2, -0.15) is 0 Å². The van der Waals surface area contributed by atoms with Crippen LogP contribution in [-0.2, 0) is 11.2 Å². The van der Waals surface area contributed by atoms with Gasteiger partial charge in [0.05, 0.1) is 6.04 Å². The molecule has 1 aromatic rings. The Morgan fingerprint density at radius 1 is 1.16 bits per heavy atom. The molecule has 6 heteroatoms. The molecule has 0 aromatic heterocycles. The van der Waals surface area contributed by atoms with Gasteiger partial charge in [-0.3, -0.25) is 4.79 Å². The molecule has 0 fully saturated rings. The number of unbranched alkanes of at least 4 members (excludes halogenated alkanes) is 1. The Labute approximate surface area is 127 Å². The first kappa shape index (κ1) is 20.5. The third kappa shape index (κ3) is 8.83. The maximum atomic E-state index is 11.6. The summed E-state index contributed by atoms with van der Waals surface area (Å²) in [5, 5.41) is 2.82. The zero-order chi connectivity index (χ0) is 12.5. The lowest BCUT2D eigenvalue weighted by Crippen LogP contribution is -2.42. The van der Waals surface area contributed by atoms with Gasteiger partial charge in [0.2, 0.25) is 5.91 Å². The van der Waals surface area contributed by atoms with Crippen molar-refractivity contribution in [3.63, 3.8) is 0 Å². The molecule has 5 N–H and O–H groups in total. The highest BCUT2D eigenvalue weighted by molar-refractivity contribution is 5.85. The average Bonchev–Trinajstić information content (AvgIpc) is 2.35. The average molecular weight is 308 g/mol. The molecule has 1 aromatic carbocycles. The summed E-state index contributed by atoms with van der Waals surface area (Å²) in [6.45, 7) is 1.31. The van der Waals surface area contributed by atoms with Crippen LogP contribution < -0.4 is 16.8 Å². The Bertz CT molecular complexity index is 336. The minimum Gasteiger partial charge on any atom is -0.355 e. The minimum absolute atomic E-state index is 0. The van der Waals surface area contributed by atoms with Gasteiger partial charge in [0.1, 0.15) is 0 Å². The molecule has 0 aliphatic carbocycles. The quantitative estimate of drug-likeness (QED) is 0.663. The van der Waals surface area contributed by atoms with Crippen molar-refractivity contribution < 1.29 is 4.79 Å². The van der Waals surface area contributed by atoms with Crippen LogP contribution in [0.25, 0.3) is 0 Å². The lowest BCUT2D eigenvalue weighted by atomic mass is 10.1. The highest BCUT2D eigenvalue weighted by atomic mass is 35.5. The number of hydrogen-bond acceptors (Lipinski definition) is 3. The van der Waals surface area contributed by atoms with Crippen LogP contribution in [0.4, 0.5) is 0 Å². The second kappa shape index (κ2) is 12.2. The van der Waals surface area contributed by atoms with Crippen LogP contribution in [-0.4, -0.2) is 25.0 Å². The standard InChI is InChI=1S/C13H21N3O.2ClH/c14-8-4-5-9-16-13(17)12(15)10-11-6-2-1-3-7-11;;/h1-3,6-7,12H,4-5,8-10,14-15H2,(H,16,17);2*1H/t12-;;/m0../s1. The van der Waals surface area contributed by atoms with Crippen LogP contribution in [0.5, 0.6) is 0 Å². The van der Waals surface area contributed by atoms with Crippen molar-refractivity contribution >= 4 is 30.7 Å². The van der Waals surface area contributed by atoms with E-state index in [2.05, 4.69) is 5.32 Å². The maximum absolute atomic E-state index is 11.6. The maximum Gasteiger partial charge on any atom is 0.237 e. The van der Waals surface area contributed by atoms with Crippen LogP contribution in [0.1, 0.15) is 18.4 Å². The zero-order valence-electron chi connectivity index (χ0n) is 10.9. The van der Waals surface area contributed by atoms with Gasteiger partial charge < -0.3 is 16.8 Å². The third-order valence-electron chi connectivity index (χ3n) is 2.57. The zero-order valence-corrected chi connectivity index (χ0v) is 12.5. The van der Waals surface area contributed by atoms with Crippen LogP contribution in [0.3, 0.4) is 0 Å². The van der Waals surface area contributed by atoms with Crippen LogP contribution in [0, 0.1) is 0 Å². The molecule has 0 bridgehead atoms. The fraction of sp³-hybridized carbons (Fsp3) is 0.462. The molecule has 0 saturated heterocycles. The van der Waals surface area contributed by atoms with E-state index in [1.54, 1.807) is 0 Å². The number of amides is 1. The van der Waals surface area contributed by atoms with Crippen molar-refractivity contribution in [2.24, 2.45) is 11.5 Å². The van der Waals surface area contributed by atoms with Crippen LogP contribution in [0.15, 0.2) is 30.3 Å². The Morgan fingerprint density at radius 3 is 2.37 bits per heavy atom. The highest BCUT2D eigenvalue weighted by Crippen LogP contribution is 2.01. The second-order valence-corrected chi connectivity index (χ2v) is 4.08. The largest absolute Gasteiger partial charge is 0.355 e. The number of nitrogens with one attached hydrogen (secondary N) is 1. The van der Waals surface area contributed by atoms with Gasteiger partial charge in [0.15, 0.2) is 0 Å². The summed E-state index contributed by atoms with van der Waals surface area (Å²) in [6.07, 6.45) is 2.40. The summed E-state index contributed by atoms with van der Waals surface area (Å²) in [7, 11) is 0. The predicted molar refractivity (Wildman–Crippen MR) is 83.9 cm³/mol. The molecule has 0 heterocycles. The van der Waals surface area contributed by atoms with Gasteiger partial charge in [0.25, 0.3) is 0 Å². The van der Waals surface area contributed by atoms with Crippen molar-refractivity contribution in [2.75, 3.05) is 13.1 Å². The lowest BCUT2D eigenvalue weighted by Gasteiger charge is -2.12. The Morgan fingerprint density at radius 2 is 1.79 bits per heavy atom. The molecule has 1 rings (SSSR count). The number of halogens is 2. The first-order valence-electron chi connectivity index (χ1n) is 6.01. The number of carbonyl (C=O) groups excluding carboxylic acids is 1. The second-order valence-electron chi connectivity index (χ2n) is 4.08. The molecule has 4 nitrogen and oxygen atoms in total. The van der Waals surface area contributed by atoms with E-state index in [9.17, 15) is 4.79 Å². The lowest BCUT2D eigenvalue weighted by molar-refractivity contribution is -0.122. The van der Waals surface area contributed by atoms with E-state index in [1.165, 1.54) is 0 Å². The number of hydrogen-bond donors (Lipinski definition) is 3. The molecule has 0 unspecified atom stereocenters. The molecule has 110 valence electrons. The van der Waals surface area contributed by atoms with Crippen molar-refractivity contribution in [3.8, 4) is 0 Å². The highest BCUT2D eigenvalue weighted by Gasteiger charge is 2.12. The van der Waals surface area contributed by atoms with Crippen LogP contribution >= 0.6 is 24.8 Å². The van der Waals surface area contributed by atoms with Crippen LogP contribution in [0.2, 0.25) is 0 Å². The van der Waals surface area contributed by atoms with E-state index in [0.29, 0.717) is 19.5 Å². The number of rotatable bonds is 7. The minimum atomic E-state index is -0.477. The van der Waals surface area contributed by atoms with Gasteiger partial charge in [0, 0.05) is 6.54 Å². The number of carbonyl (C=O) groups is 1. The fourth-order valence-electron chi connectivity index (χ4n) is 1.57. The summed E-state index contributed by atoms with van der Waals surface area (Å²) < 4.78 is 0. The van der Waals surface area contributed by atoms with Gasteiger partial charge in [-0.05, 0) is 31.4 Å². The van der Waals surface area contributed by atoms with E-state index in [-0.39, 0.29) is 30.7 Å². The first-order chi connectivity index (χ1) is 8.24. The molecular formula is C13H23Cl2N3O. The molecule has 1 atom stereocenters. The summed E-state index contributed by atoms with van der Waals surface area (Å²) in [5.74, 6) is -0.0918. The van der Waals surface area contributed by atoms with Crippen molar-refractivity contribution in [3.05, 3.63) is 35.9 Å². The van der Waals surface area contributed by atoms with Crippen molar-refractivity contribution in [1.82, 2.24) is 5.32 Å². The van der Waals surface area contributed by atoms with E-state index in [4.69, 9.17) is 11.5 Å². The van der Waals surface area contributed by atoms with E-state index in [0.717, 1.165) is 18.4 Å². The first-order valence-corrected chi connectivity index (χ1v) is 6.01. The summed E-state index contributed by atoms with van der Waals surface area (Å²) in [6, 6.07) is 9.31. The molecular weight excluding hydrogens is 285 g/mol. The Kier molecular flexibility index (Phi) is 13.2. The SMILES string of the molecule is Cl.Cl.NCCCCNC(=O)[C@@H](N)Cc1ccccc1. The van der Waals surface area contributed by atoms with E-state index in [1.807, 2.05) is 30.3 Å². The molecule has 0 aliphatic heterocycles. The molecule has 19 heavy (non-hydrogen) atoms. The molecule has 0 saturated carbocycles. The smallest absolute Gasteiger partial charge is 0.237 e. The summed E-state index contributed by atoms with van der Waals surface area (Å²) >= 11 is 0. The molecule has 1 amide bonds. The summed E-state index contributed by atoms with van der Waals surface area (Å²) in [5.41, 5.74) is 12.3. The normalized spacial score (nSPS) is 10.8. The van der Waals surface area contributed by atoms with Crippen molar-refractivity contribution in [1.29, 1.82) is 0 Å². The number of benzene rings is 1. The Hall–Kier alpha value is -0.810. The summed E-state index contributed by atoms with van der Waals surface area (Å²) in [4.78, 5) is 11.6. The topological polar surface area (TPSA) is 81.1 Å². The molecule has 0 aliphatic rings. The van der Waals surface area contributed by atoms with E-state index < -0.39 is 6.04 Å². The van der Waals surface area contributed by atoms with E-state index >= 15 is 0 Å². The van der Waals surface area contributed by atoms with Crippen molar-refractivity contribution in [2.45, 2.75) is 25.3 Å². The Balaban J connectivity index is 0. The molecule has 0 spiro atoms. The number of nitrogens with two attached hydrogens (primary N) is 2. The van der Waals surface area contributed by atoms with Gasteiger partial charge in [-0.15, -0.1) is 24.8 Å².